The van der Waals surface area contributed by atoms with E-state index in [2.05, 4.69) is 10.5 Å². The lowest BCUT2D eigenvalue weighted by molar-refractivity contribution is -0.138. The fourth-order valence-corrected chi connectivity index (χ4v) is 3.02. The number of amides is 1. The van der Waals surface area contributed by atoms with Gasteiger partial charge >= 0.3 is 6.18 Å². The molecule has 0 bridgehead atoms. The molecule has 29 heavy (non-hydrogen) atoms. The topological polar surface area (TPSA) is 55.1 Å². The molecule has 1 amide bonds. The van der Waals surface area contributed by atoms with Gasteiger partial charge in [0, 0.05) is 6.54 Å². The van der Waals surface area contributed by atoms with Crippen molar-refractivity contribution >= 4 is 17.5 Å². The third-order valence-corrected chi connectivity index (χ3v) is 4.42. The molecule has 1 heterocycles. The monoisotopic (exact) mass is 430 g/mol. The predicted octanol–water partition coefficient (Wildman–Crippen LogP) is 5.53. The van der Waals surface area contributed by atoms with Gasteiger partial charge in [0.05, 0.1) is 16.1 Å². The van der Waals surface area contributed by atoms with Crippen LogP contribution in [0.3, 0.4) is 0 Å². The van der Waals surface area contributed by atoms with Crippen molar-refractivity contribution in [2.45, 2.75) is 19.6 Å². The highest BCUT2D eigenvalue weighted by atomic mass is 35.5. The number of rotatable bonds is 4. The Morgan fingerprint density at radius 3 is 2.59 bits per heavy atom. The van der Waals surface area contributed by atoms with E-state index < -0.39 is 35.8 Å². The Morgan fingerprint density at radius 2 is 1.93 bits per heavy atom. The molecule has 1 aromatic heterocycles. The predicted molar refractivity (Wildman–Crippen MR) is 94.2 cm³/mol. The standard InChI is InChI=1S/C19H12ClF5N2O2/c1-9-15(17(27-29-9)16-13(20)3-2-4-14(16)22)18(28)26-8-10-5-6-11(21)7-12(10)19(23,24)25/h2-7H,8H2,1H3,(H,26,28). The average molecular weight is 431 g/mol. The second-order valence-electron chi connectivity index (χ2n) is 6.04. The highest BCUT2D eigenvalue weighted by Gasteiger charge is 2.34. The van der Waals surface area contributed by atoms with Gasteiger partial charge in [0.1, 0.15) is 28.7 Å². The Balaban J connectivity index is 1.92. The van der Waals surface area contributed by atoms with E-state index in [0.717, 1.165) is 18.2 Å². The zero-order valence-corrected chi connectivity index (χ0v) is 15.5. The number of hydrogen-bond donors (Lipinski definition) is 1. The number of alkyl halides is 3. The summed E-state index contributed by atoms with van der Waals surface area (Å²) < 4.78 is 71.7. The molecule has 3 aromatic rings. The zero-order chi connectivity index (χ0) is 21.3. The summed E-state index contributed by atoms with van der Waals surface area (Å²) in [5, 5.41) is 5.94. The molecule has 0 aliphatic rings. The van der Waals surface area contributed by atoms with Gasteiger partial charge in [0.15, 0.2) is 0 Å². The van der Waals surface area contributed by atoms with Gasteiger partial charge in [-0.05, 0) is 36.8 Å². The van der Waals surface area contributed by atoms with Gasteiger partial charge in [-0.3, -0.25) is 4.79 Å². The summed E-state index contributed by atoms with van der Waals surface area (Å²) in [7, 11) is 0. The van der Waals surface area contributed by atoms with Gasteiger partial charge in [-0.25, -0.2) is 8.78 Å². The van der Waals surface area contributed by atoms with Gasteiger partial charge in [-0.2, -0.15) is 13.2 Å². The third-order valence-electron chi connectivity index (χ3n) is 4.11. The summed E-state index contributed by atoms with van der Waals surface area (Å²) in [4.78, 5) is 12.6. The number of carbonyl (C=O) groups is 1. The summed E-state index contributed by atoms with van der Waals surface area (Å²) >= 11 is 5.99. The second-order valence-corrected chi connectivity index (χ2v) is 6.45. The number of aromatic nitrogens is 1. The minimum absolute atomic E-state index is 0.0203. The summed E-state index contributed by atoms with van der Waals surface area (Å²) in [6.07, 6.45) is -4.80. The third kappa shape index (κ3) is 4.24. The number of benzene rings is 2. The lowest BCUT2D eigenvalue weighted by Gasteiger charge is -2.14. The maximum absolute atomic E-state index is 14.2. The van der Waals surface area contributed by atoms with Crippen molar-refractivity contribution in [3.63, 3.8) is 0 Å². The molecule has 2 aromatic carbocycles. The van der Waals surface area contributed by atoms with Crippen LogP contribution in [-0.4, -0.2) is 11.1 Å². The fourth-order valence-electron chi connectivity index (χ4n) is 2.76. The van der Waals surface area contributed by atoms with Crippen molar-refractivity contribution in [1.29, 1.82) is 0 Å². The minimum Gasteiger partial charge on any atom is -0.360 e. The van der Waals surface area contributed by atoms with Crippen LogP contribution < -0.4 is 5.32 Å². The average Bonchev–Trinajstić information content (AvgIpc) is 3.01. The van der Waals surface area contributed by atoms with E-state index in [9.17, 15) is 26.7 Å². The molecule has 0 fully saturated rings. The van der Waals surface area contributed by atoms with Crippen LogP contribution in [0.5, 0.6) is 0 Å². The first-order valence-electron chi connectivity index (χ1n) is 8.14. The molecule has 4 nitrogen and oxygen atoms in total. The van der Waals surface area contributed by atoms with Gasteiger partial charge in [0.2, 0.25) is 0 Å². The summed E-state index contributed by atoms with van der Waals surface area (Å²) in [6, 6.07) is 5.98. The Labute approximate surface area is 166 Å². The van der Waals surface area contributed by atoms with E-state index >= 15 is 0 Å². The molecular weight excluding hydrogens is 419 g/mol. The lowest BCUT2D eigenvalue weighted by Crippen LogP contribution is -2.25. The molecule has 0 atom stereocenters. The molecule has 1 N–H and O–H groups in total. The van der Waals surface area contributed by atoms with Crippen LogP contribution in [0.4, 0.5) is 22.0 Å². The van der Waals surface area contributed by atoms with E-state index in [1.165, 1.54) is 19.1 Å². The van der Waals surface area contributed by atoms with Crippen molar-refractivity contribution in [1.82, 2.24) is 10.5 Å². The zero-order valence-electron chi connectivity index (χ0n) is 14.7. The number of hydrogen-bond acceptors (Lipinski definition) is 3. The highest BCUT2D eigenvalue weighted by molar-refractivity contribution is 6.33. The largest absolute Gasteiger partial charge is 0.416 e. The van der Waals surface area contributed by atoms with Crippen molar-refractivity contribution in [2.75, 3.05) is 0 Å². The summed E-state index contributed by atoms with van der Waals surface area (Å²) in [5.41, 5.74) is -2.08. The molecule has 0 unspecified atom stereocenters. The van der Waals surface area contributed by atoms with Crippen LogP contribution in [0.25, 0.3) is 11.3 Å². The van der Waals surface area contributed by atoms with Crippen LogP contribution in [0.15, 0.2) is 40.9 Å². The van der Waals surface area contributed by atoms with Gasteiger partial charge in [0.25, 0.3) is 5.91 Å². The van der Waals surface area contributed by atoms with E-state index in [0.29, 0.717) is 6.07 Å². The highest BCUT2D eigenvalue weighted by Crippen LogP contribution is 2.34. The van der Waals surface area contributed by atoms with Crippen molar-refractivity contribution in [2.24, 2.45) is 0 Å². The molecule has 0 aliphatic carbocycles. The van der Waals surface area contributed by atoms with E-state index in [1.54, 1.807) is 0 Å². The van der Waals surface area contributed by atoms with E-state index in [4.69, 9.17) is 16.1 Å². The molecule has 10 heteroatoms. The molecule has 0 aliphatic heterocycles. The molecule has 0 radical (unpaired) electrons. The van der Waals surface area contributed by atoms with Crippen LogP contribution in [0.2, 0.25) is 5.02 Å². The first kappa shape index (κ1) is 20.8. The van der Waals surface area contributed by atoms with Crippen LogP contribution in [-0.2, 0) is 12.7 Å². The lowest BCUT2D eigenvalue weighted by atomic mass is 10.0. The van der Waals surface area contributed by atoms with Crippen LogP contribution >= 0.6 is 11.6 Å². The Bertz CT molecular complexity index is 1060. The molecule has 0 saturated carbocycles. The van der Waals surface area contributed by atoms with Gasteiger partial charge in [-0.1, -0.05) is 28.9 Å². The molecular formula is C19H12ClF5N2O2. The Hall–Kier alpha value is -2.94. The maximum Gasteiger partial charge on any atom is 0.416 e. The van der Waals surface area contributed by atoms with E-state index in [-0.39, 0.29) is 33.2 Å². The normalized spacial score (nSPS) is 11.6. The quantitative estimate of drug-likeness (QED) is 0.554. The maximum atomic E-state index is 14.2. The van der Waals surface area contributed by atoms with E-state index in [1.807, 2.05) is 0 Å². The van der Waals surface area contributed by atoms with Crippen molar-refractivity contribution in [3.8, 4) is 11.3 Å². The summed E-state index contributed by atoms with van der Waals surface area (Å²) in [6.45, 7) is 0.836. The van der Waals surface area contributed by atoms with Gasteiger partial charge < -0.3 is 9.84 Å². The number of aryl methyl sites for hydroxylation is 1. The number of nitrogens with zero attached hydrogens (tertiary/aromatic N) is 1. The minimum atomic E-state index is -4.80. The summed E-state index contributed by atoms with van der Waals surface area (Å²) in [5.74, 6) is -2.64. The molecule has 0 saturated heterocycles. The molecule has 152 valence electrons. The van der Waals surface area contributed by atoms with Crippen LogP contribution in [0, 0.1) is 18.6 Å². The fraction of sp³-hybridized carbons (Fsp3) is 0.158. The smallest absolute Gasteiger partial charge is 0.360 e. The molecule has 3 rings (SSSR count). The number of carbonyl (C=O) groups excluding carboxylic acids is 1. The van der Waals surface area contributed by atoms with Crippen LogP contribution in [0.1, 0.15) is 27.2 Å². The molecule has 0 spiro atoms. The first-order chi connectivity index (χ1) is 13.6. The van der Waals surface area contributed by atoms with Crippen molar-refractivity contribution < 1.29 is 31.3 Å². The van der Waals surface area contributed by atoms with Gasteiger partial charge in [-0.15, -0.1) is 0 Å². The first-order valence-corrected chi connectivity index (χ1v) is 8.52. The second kappa shape index (κ2) is 7.82. The Kier molecular flexibility index (Phi) is 5.61. The van der Waals surface area contributed by atoms with Crippen molar-refractivity contribution in [3.05, 3.63) is 75.5 Å². The SMILES string of the molecule is Cc1onc(-c2c(F)cccc2Cl)c1C(=O)NCc1ccc(F)cc1C(F)(F)F. The Morgan fingerprint density at radius 1 is 1.21 bits per heavy atom. The number of nitrogens with one attached hydrogen (secondary N) is 1. The number of halogens is 6.